The number of methoxy groups -OCH3 is 1. The lowest BCUT2D eigenvalue weighted by atomic mass is 10.1. The largest absolute Gasteiger partial charge is 0.496 e. The number of carboxylic acids is 1. The van der Waals surface area contributed by atoms with Crippen molar-refractivity contribution >= 4 is 11.9 Å². The summed E-state index contributed by atoms with van der Waals surface area (Å²) in [7, 11) is 1.58. The van der Waals surface area contributed by atoms with Gasteiger partial charge in [0.15, 0.2) is 0 Å². The molecule has 0 bridgehead atoms. The molecule has 0 aliphatic carbocycles. The molecule has 0 spiro atoms. The Morgan fingerprint density at radius 1 is 1.40 bits per heavy atom. The van der Waals surface area contributed by atoms with Crippen LogP contribution >= 0.6 is 0 Å². The highest BCUT2D eigenvalue weighted by atomic mass is 16.5. The molecule has 5 heteroatoms. The zero-order valence-corrected chi connectivity index (χ0v) is 11.5. The Balaban J connectivity index is 2.05. The number of likely N-dealkylation sites (tertiary alicyclic amines) is 1. The van der Waals surface area contributed by atoms with E-state index in [4.69, 9.17) is 9.84 Å². The number of aliphatic carboxylic acids is 1. The van der Waals surface area contributed by atoms with Gasteiger partial charge >= 0.3 is 5.97 Å². The molecule has 0 radical (unpaired) electrons. The first-order valence-electron chi connectivity index (χ1n) is 6.75. The summed E-state index contributed by atoms with van der Waals surface area (Å²) < 4.78 is 5.24. The van der Waals surface area contributed by atoms with E-state index < -0.39 is 5.97 Å². The standard InChI is InChI=1S/C15H19NO4/c1-20-13-7-3-2-5-11(13)9-14(17)16-8-4-6-12(16)10-15(18)19/h2-3,5,7,12H,4,6,8-10H2,1H3,(H,18,19)/t12-/m0/s1. The normalized spacial score (nSPS) is 18.1. The van der Waals surface area contributed by atoms with Crippen molar-refractivity contribution in [2.45, 2.75) is 31.7 Å². The van der Waals surface area contributed by atoms with E-state index in [1.165, 1.54) is 0 Å². The summed E-state index contributed by atoms with van der Waals surface area (Å²) in [5, 5.41) is 8.89. The lowest BCUT2D eigenvalue weighted by molar-refractivity contribution is -0.139. The molecule has 1 fully saturated rings. The molecule has 1 atom stereocenters. The molecule has 1 amide bonds. The minimum atomic E-state index is -0.855. The summed E-state index contributed by atoms with van der Waals surface area (Å²) in [6, 6.07) is 7.23. The van der Waals surface area contributed by atoms with Crippen molar-refractivity contribution in [1.29, 1.82) is 0 Å². The van der Waals surface area contributed by atoms with Crippen LogP contribution in [0.15, 0.2) is 24.3 Å². The Kier molecular flexibility index (Phi) is 4.61. The number of amides is 1. The fourth-order valence-corrected chi connectivity index (χ4v) is 2.69. The van der Waals surface area contributed by atoms with E-state index in [0.29, 0.717) is 12.3 Å². The van der Waals surface area contributed by atoms with Crippen molar-refractivity contribution in [3.63, 3.8) is 0 Å². The maximum Gasteiger partial charge on any atom is 0.305 e. The summed E-state index contributed by atoms with van der Waals surface area (Å²) in [5.74, 6) is -0.194. The molecule has 0 aromatic heterocycles. The van der Waals surface area contributed by atoms with Gasteiger partial charge in [0, 0.05) is 18.2 Å². The van der Waals surface area contributed by atoms with Crippen LogP contribution in [-0.4, -0.2) is 41.6 Å². The number of carboxylic acid groups (broad SMARTS) is 1. The molecule has 0 unspecified atom stereocenters. The van der Waals surface area contributed by atoms with Crippen LogP contribution in [0.3, 0.4) is 0 Å². The van der Waals surface area contributed by atoms with Gasteiger partial charge in [-0.05, 0) is 18.9 Å². The minimum absolute atomic E-state index is 0.0255. The number of benzene rings is 1. The minimum Gasteiger partial charge on any atom is -0.496 e. The number of nitrogens with zero attached hydrogens (tertiary/aromatic N) is 1. The van der Waals surface area contributed by atoms with Gasteiger partial charge in [0.25, 0.3) is 0 Å². The quantitative estimate of drug-likeness (QED) is 0.889. The van der Waals surface area contributed by atoms with Crippen LogP contribution in [0, 0.1) is 0 Å². The van der Waals surface area contributed by atoms with Crippen LogP contribution in [0.25, 0.3) is 0 Å². The summed E-state index contributed by atoms with van der Waals surface area (Å²) in [6.07, 6.45) is 1.91. The van der Waals surface area contributed by atoms with Crippen LogP contribution in [0.2, 0.25) is 0 Å². The van der Waals surface area contributed by atoms with E-state index in [1.807, 2.05) is 24.3 Å². The Hall–Kier alpha value is -2.04. The Morgan fingerprint density at radius 2 is 2.15 bits per heavy atom. The summed E-state index contributed by atoms with van der Waals surface area (Å²) in [6.45, 7) is 0.645. The highest BCUT2D eigenvalue weighted by Crippen LogP contribution is 2.23. The molecule has 2 rings (SSSR count). The molecular formula is C15H19NO4. The summed E-state index contributed by atoms with van der Waals surface area (Å²) in [4.78, 5) is 24.9. The van der Waals surface area contributed by atoms with E-state index in [0.717, 1.165) is 18.4 Å². The fraction of sp³-hybridized carbons (Fsp3) is 0.467. The van der Waals surface area contributed by atoms with Gasteiger partial charge in [-0.3, -0.25) is 9.59 Å². The van der Waals surface area contributed by atoms with Crippen LogP contribution in [0.4, 0.5) is 0 Å². The fourth-order valence-electron chi connectivity index (χ4n) is 2.69. The third-order valence-electron chi connectivity index (χ3n) is 3.64. The second-order valence-electron chi connectivity index (χ2n) is 4.97. The molecule has 1 aromatic carbocycles. The van der Waals surface area contributed by atoms with Crippen molar-refractivity contribution in [3.8, 4) is 5.75 Å². The van der Waals surface area contributed by atoms with Gasteiger partial charge in [0.1, 0.15) is 5.75 Å². The lowest BCUT2D eigenvalue weighted by Gasteiger charge is -2.23. The first-order chi connectivity index (χ1) is 9.61. The monoisotopic (exact) mass is 277 g/mol. The number of carbonyl (C=O) groups is 2. The molecule has 0 saturated carbocycles. The average Bonchev–Trinajstić information content (AvgIpc) is 2.86. The summed E-state index contributed by atoms with van der Waals surface area (Å²) >= 11 is 0. The highest BCUT2D eigenvalue weighted by molar-refractivity contribution is 5.81. The van der Waals surface area contributed by atoms with Gasteiger partial charge in [-0.25, -0.2) is 0 Å². The van der Waals surface area contributed by atoms with Gasteiger partial charge < -0.3 is 14.7 Å². The van der Waals surface area contributed by atoms with E-state index in [-0.39, 0.29) is 24.8 Å². The second kappa shape index (κ2) is 6.41. The highest BCUT2D eigenvalue weighted by Gasteiger charge is 2.30. The Labute approximate surface area is 118 Å². The van der Waals surface area contributed by atoms with Crippen LogP contribution in [0.1, 0.15) is 24.8 Å². The third kappa shape index (κ3) is 3.29. The second-order valence-corrected chi connectivity index (χ2v) is 4.97. The van der Waals surface area contributed by atoms with Crippen LogP contribution in [0.5, 0.6) is 5.75 Å². The van der Waals surface area contributed by atoms with E-state index in [1.54, 1.807) is 12.0 Å². The summed E-state index contributed by atoms with van der Waals surface area (Å²) in [5.41, 5.74) is 0.834. The zero-order valence-electron chi connectivity index (χ0n) is 11.5. The van der Waals surface area contributed by atoms with E-state index >= 15 is 0 Å². The number of hydrogen-bond donors (Lipinski definition) is 1. The number of ether oxygens (including phenoxy) is 1. The van der Waals surface area contributed by atoms with Crippen molar-refractivity contribution in [3.05, 3.63) is 29.8 Å². The number of rotatable bonds is 5. The molecule has 1 aliphatic rings. The van der Waals surface area contributed by atoms with Crippen molar-refractivity contribution in [1.82, 2.24) is 4.90 Å². The topological polar surface area (TPSA) is 66.8 Å². The predicted octanol–water partition coefficient (Wildman–Crippen LogP) is 1.70. The molecule has 1 aliphatic heterocycles. The van der Waals surface area contributed by atoms with Crippen molar-refractivity contribution < 1.29 is 19.4 Å². The van der Waals surface area contributed by atoms with Gasteiger partial charge in [0.05, 0.1) is 20.0 Å². The molecule has 5 nitrogen and oxygen atoms in total. The number of hydrogen-bond acceptors (Lipinski definition) is 3. The molecule has 1 N–H and O–H groups in total. The van der Waals surface area contributed by atoms with Gasteiger partial charge in [0.2, 0.25) is 5.91 Å². The average molecular weight is 277 g/mol. The van der Waals surface area contributed by atoms with E-state index in [9.17, 15) is 9.59 Å². The maximum atomic E-state index is 12.4. The molecule has 20 heavy (non-hydrogen) atoms. The first kappa shape index (κ1) is 14.4. The Bertz CT molecular complexity index is 500. The molecular weight excluding hydrogens is 258 g/mol. The first-order valence-corrected chi connectivity index (χ1v) is 6.75. The predicted molar refractivity (Wildman–Crippen MR) is 73.7 cm³/mol. The SMILES string of the molecule is COc1ccccc1CC(=O)N1CCC[C@H]1CC(=O)O. The van der Waals surface area contributed by atoms with E-state index in [2.05, 4.69) is 0 Å². The lowest BCUT2D eigenvalue weighted by Crippen LogP contribution is -2.37. The van der Waals surface area contributed by atoms with Crippen molar-refractivity contribution in [2.75, 3.05) is 13.7 Å². The molecule has 1 saturated heterocycles. The van der Waals surface area contributed by atoms with Gasteiger partial charge in [-0.2, -0.15) is 0 Å². The maximum absolute atomic E-state index is 12.4. The van der Waals surface area contributed by atoms with Gasteiger partial charge in [-0.15, -0.1) is 0 Å². The van der Waals surface area contributed by atoms with Crippen molar-refractivity contribution in [2.24, 2.45) is 0 Å². The number of para-hydroxylation sites is 1. The molecule has 108 valence electrons. The number of carbonyl (C=O) groups excluding carboxylic acids is 1. The van der Waals surface area contributed by atoms with Crippen LogP contribution < -0.4 is 4.74 Å². The van der Waals surface area contributed by atoms with Crippen LogP contribution in [-0.2, 0) is 16.0 Å². The third-order valence-corrected chi connectivity index (χ3v) is 3.64. The van der Waals surface area contributed by atoms with Gasteiger partial charge in [-0.1, -0.05) is 18.2 Å². The molecule has 1 aromatic rings. The smallest absolute Gasteiger partial charge is 0.305 e. The Morgan fingerprint density at radius 3 is 2.85 bits per heavy atom. The zero-order chi connectivity index (χ0) is 14.5. The molecule has 1 heterocycles.